The Kier molecular flexibility index (Phi) is 6.05. The SMILES string of the molecule is N=C1C=Cc2ccc3ccc(-c4nc(-c5ccccc5-c5ccccc5)cc(-c5cccc6oc7ccccc7c56)n4)cc3c2C1=N. The molecule has 0 saturated carbocycles. The lowest BCUT2D eigenvalue weighted by Gasteiger charge is -2.17. The Balaban J connectivity index is 1.32. The van der Waals surface area contributed by atoms with Crippen LogP contribution >= 0.6 is 0 Å². The maximum Gasteiger partial charge on any atom is 0.160 e. The van der Waals surface area contributed by atoms with Crippen LogP contribution in [0.2, 0.25) is 0 Å². The van der Waals surface area contributed by atoms with Gasteiger partial charge in [-0.1, -0.05) is 115 Å². The van der Waals surface area contributed by atoms with E-state index in [4.69, 9.17) is 25.2 Å². The zero-order chi connectivity index (χ0) is 31.5. The van der Waals surface area contributed by atoms with Gasteiger partial charge in [0.25, 0.3) is 0 Å². The first-order valence-electron chi connectivity index (χ1n) is 15.5. The number of benzene rings is 6. The largest absolute Gasteiger partial charge is 0.456 e. The van der Waals surface area contributed by atoms with E-state index in [2.05, 4.69) is 78.9 Å². The number of fused-ring (bicyclic) bond motifs is 6. The molecule has 5 heteroatoms. The van der Waals surface area contributed by atoms with Crippen molar-refractivity contribution in [3.05, 3.63) is 151 Å². The zero-order valence-electron chi connectivity index (χ0n) is 25.2. The predicted octanol–water partition coefficient (Wildman–Crippen LogP) is 10.6. The summed E-state index contributed by atoms with van der Waals surface area (Å²) in [5.41, 5.74) is 10.4. The zero-order valence-corrected chi connectivity index (χ0v) is 25.2. The summed E-state index contributed by atoms with van der Waals surface area (Å²) in [5.74, 6) is 0.581. The van der Waals surface area contributed by atoms with Crippen molar-refractivity contribution in [3.8, 4) is 45.0 Å². The highest BCUT2D eigenvalue weighted by molar-refractivity contribution is 6.53. The number of hydrogen-bond donors (Lipinski definition) is 2. The highest BCUT2D eigenvalue weighted by Gasteiger charge is 2.21. The summed E-state index contributed by atoms with van der Waals surface area (Å²) in [6.07, 6.45) is 3.59. The summed E-state index contributed by atoms with van der Waals surface area (Å²) in [6.45, 7) is 0. The van der Waals surface area contributed by atoms with E-state index in [1.807, 2.05) is 60.7 Å². The summed E-state index contributed by atoms with van der Waals surface area (Å²) in [5, 5.41) is 21.0. The Morgan fingerprint density at radius 3 is 2.09 bits per heavy atom. The molecule has 220 valence electrons. The van der Waals surface area contributed by atoms with Crippen molar-refractivity contribution in [2.75, 3.05) is 0 Å². The summed E-state index contributed by atoms with van der Waals surface area (Å²) in [4.78, 5) is 10.5. The number of nitrogens with one attached hydrogen (secondary N) is 2. The molecule has 9 rings (SSSR count). The summed E-state index contributed by atoms with van der Waals surface area (Å²) >= 11 is 0. The molecule has 0 saturated heterocycles. The molecule has 47 heavy (non-hydrogen) atoms. The fourth-order valence-corrected chi connectivity index (χ4v) is 6.70. The number of allylic oxidation sites excluding steroid dienone is 1. The van der Waals surface area contributed by atoms with Crippen molar-refractivity contribution in [1.82, 2.24) is 9.97 Å². The predicted molar refractivity (Wildman–Crippen MR) is 192 cm³/mol. The fourth-order valence-electron chi connectivity index (χ4n) is 6.70. The third-order valence-electron chi connectivity index (χ3n) is 8.95. The minimum atomic E-state index is 0.203. The molecular formula is C42H26N4O. The van der Waals surface area contributed by atoms with Crippen LogP contribution in [0.3, 0.4) is 0 Å². The van der Waals surface area contributed by atoms with Gasteiger partial charge < -0.3 is 4.42 Å². The van der Waals surface area contributed by atoms with E-state index in [1.54, 1.807) is 6.08 Å². The lowest BCUT2D eigenvalue weighted by atomic mass is 9.88. The molecule has 1 aliphatic rings. The van der Waals surface area contributed by atoms with Crippen molar-refractivity contribution in [2.45, 2.75) is 0 Å². The van der Waals surface area contributed by atoms with Gasteiger partial charge in [0.1, 0.15) is 11.2 Å². The van der Waals surface area contributed by atoms with E-state index >= 15 is 0 Å². The highest BCUT2D eigenvalue weighted by Crippen LogP contribution is 2.39. The molecule has 0 aliphatic heterocycles. The Bertz CT molecular complexity index is 2610. The second-order valence-electron chi connectivity index (χ2n) is 11.7. The van der Waals surface area contributed by atoms with Gasteiger partial charge in [-0.2, -0.15) is 0 Å². The molecule has 0 fully saturated rings. The minimum absolute atomic E-state index is 0.203. The summed E-state index contributed by atoms with van der Waals surface area (Å²) < 4.78 is 6.25. The molecule has 2 heterocycles. The van der Waals surface area contributed by atoms with Crippen LogP contribution in [-0.2, 0) is 0 Å². The number of hydrogen-bond acceptors (Lipinski definition) is 5. The van der Waals surface area contributed by atoms with Gasteiger partial charge in [-0.15, -0.1) is 0 Å². The van der Waals surface area contributed by atoms with E-state index in [-0.39, 0.29) is 11.4 Å². The van der Waals surface area contributed by atoms with Crippen molar-refractivity contribution in [3.63, 3.8) is 0 Å². The standard InChI is InChI=1S/C42H26N4O/c43-34-22-21-27-19-17-26-18-20-28(23-33(26)39(27)41(34)44)42-45-35(30-12-5-4-11-29(30)25-9-2-1-3-10-25)24-36(46-42)31-14-8-16-38-40(31)32-13-6-7-15-37(32)47-38/h1-24,43-44H. The average molecular weight is 603 g/mol. The van der Waals surface area contributed by atoms with E-state index < -0.39 is 0 Å². The Hall–Kier alpha value is -6.46. The molecule has 0 bridgehead atoms. The van der Waals surface area contributed by atoms with Gasteiger partial charge in [0.2, 0.25) is 0 Å². The molecule has 2 N–H and O–H groups in total. The van der Waals surface area contributed by atoms with Crippen LogP contribution in [0.5, 0.6) is 0 Å². The molecule has 0 atom stereocenters. The first-order valence-corrected chi connectivity index (χ1v) is 15.5. The molecule has 0 spiro atoms. The third-order valence-corrected chi connectivity index (χ3v) is 8.95. The van der Waals surface area contributed by atoms with Crippen molar-refractivity contribution in [1.29, 1.82) is 10.8 Å². The van der Waals surface area contributed by atoms with Crippen LogP contribution in [0.4, 0.5) is 0 Å². The molecule has 1 aliphatic carbocycles. The third kappa shape index (κ3) is 4.40. The minimum Gasteiger partial charge on any atom is -0.456 e. The van der Waals surface area contributed by atoms with Gasteiger partial charge in [-0.05, 0) is 57.8 Å². The van der Waals surface area contributed by atoms with Gasteiger partial charge in [-0.25, -0.2) is 9.97 Å². The van der Waals surface area contributed by atoms with Crippen molar-refractivity contribution >= 4 is 50.2 Å². The van der Waals surface area contributed by atoms with Crippen molar-refractivity contribution < 1.29 is 4.42 Å². The topological polar surface area (TPSA) is 86.6 Å². The smallest absolute Gasteiger partial charge is 0.160 e. The first-order chi connectivity index (χ1) is 23.1. The lowest BCUT2D eigenvalue weighted by Crippen LogP contribution is -2.16. The number of furan rings is 1. The lowest BCUT2D eigenvalue weighted by molar-refractivity contribution is 0.669. The van der Waals surface area contributed by atoms with Gasteiger partial charge in [0.05, 0.1) is 22.8 Å². The second kappa shape index (κ2) is 10.6. The average Bonchev–Trinajstić information content (AvgIpc) is 3.52. The number of rotatable bonds is 4. The van der Waals surface area contributed by atoms with Crippen LogP contribution < -0.4 is 0 Å². The monoisotopic (exact) mass is 602 g/mol. The molecule has 5 nitrogen and oxygen atoms in total. The maximum absolute atomic E-state index is 8.74. The van der Waals surface area contributed by atoms with Gasteiger partial charge in [0, 0.05) is 33.0 Å². The normalized spacial score (nSPS) is 12.7. The molecule has 2 aromatic heterocycles. The summed E-state index contributed by atoms with van der Waals surface area (Å²) in [7, 11) is 0. The molecular weight excluding hydrogens is 576 g/mol. The Morgan fingerprint density at radius 2 is 1.21 bits per heavy atom. The van der Waals surface area contributed by atoms with Crippen LogP contribution in [0.25, 0.3) is 83.8 Å². The molecule has 0 amide bonds. The van der Waals surface area contributed by atoms with E-state index in [1.165, 1.54) is 0 Å². The summed E-state index contributed by atoms with van der Waals surface area (Å²) in [6, 6.07) is 45.2. The van der Waals surface area contributed by atoms with E-state index in [9.17, 15) is 0 Å². The molecule has 8 aromatic rings. The maximum atomic E-state index is 8.74. The van der Waals surface area contributed by atoms with Crippen LogP contribution in [-0.4, -0.2) is 21.4 Å². The van der Waals surface area contributed by atoms with Gasteiger partial charge >= 0.3 is 0 Å². The molecule has 0 unspecified atom stereocenters. The van der Waals surface area contributed by atoms with Crippen LogP contribution in [0.1, 0.15) is 11.1 Å². The Labute approximate surface area is 270 Å². The number of nitrogens with zero attached hydrogens (tertiary/aromatic N) is 2. The molecule has 6 aromatic carbocycles. The number of aromatic nitrogens is 2. The Morgan fingerprint density at radius 1 is 0.511 bits per heavy atom. The quantitative estimate of drug-likeness (QED) is 0.210. The van der Waals surface area contributed by atoms with Crippen LogP contribution in [0, 0.1) is 10.8 Å². The van der Waals surface area contributed by atoms with Gasteiger partial charge in [0.15, 0.2) is 5.82 Å². The van der Waals surface area contributed by atoms with Crippen molar-refractivity contribution in [2.24, 2.45) is 0 Å². The van der Waals surface area contributed by atoms with E-state index in [0.29, 0.717) is 5.82 Å². The highest BCUT2D eigenvalue weighted by atomic mass is 16.3. The van der Waals surface area contributed by atoms with E-state index in [0.717, 1.165) is 83.0 Å². The van der Waals surface area contributed by atoms with Gasteiger partial charge in [-0.3, -0.25) is 10.8 Å². The number of para-hydroxylation sites is 1. The fraction of sp³-hybridized carbons (Fsp3) is 0. The van der Waals surface area contributed by atoms with Crippen LogP contribution in [0.15, 0.2) is 144 Å². The molecule has 0 radical (unpaired) electrons. The second-order valence-corrected chi connectivity index (χ2v) is 11.7. The first kappa shape index (κ1) is 26.9.